The van der Waals surface area contributed by atoms with Crippen molar-refractivity contribution in [2.75, 3.05) is 0 Å². The minimum Gasteiger partial charge on any atom is -0.393 e. The molecule has 0 aromatic carbocycles. The first kappa shape index (κ1) is 8.70. The van der Waals surface area contributed by atoms with E-state index in [4.69, 9.17) is 5.11 Å². The van der Waals surface area contributed by atoms with Crippen molar-refractivity contribution >= 4 is 0 Å². The Bertz CT molecular complexity index is 76.6. The summed E-state index contributed by atoms with van der Waals surface area (Å²) in [7, 11) is 0. The Hall–Kier alpha value is -0.300. The van der Waals surface area contributed by atoms with Gasteiger partial charge in [-0.25, -0.2) is 0 Å². The van der Waals surface area contributed by atoms with Crippen molar-refractivity contribution in [2.24, 2.45) is 5.92 Å². The van der Waals surface area contributed by atoms with Crippen molar-refractivity contribution in [3.05, 3.63) is 12.7 Å². The van der Waals surface area contributed by atoms with Gasteiger partial charge in [0.2, 0.25) is 0 Å². The monoisotopic (exact) mass is 128 g/mol. The topological polar surface area (TPSA) is 20.2 Å². The standard InChI is InChI=1S/C8H16O/c1-4-7(2)5-6-8(3)9/h4,7-9H,1,5-6H2,2-3H3. The molecule has 2 unspecified atom stereocenters. The maximum absolute atomic E-state index is 8.86. The van der Waals surface area contributed by atoms with E-state index in [2.05, 4.69) is 13.5 Å². The number of aliphatic hydroxyl groups excluding tert-OH is 1. The van der Waals surface area contributed by atoms with Crippen LogP contribution in [0.1, 0.15) is 26.7 Å². The summed E-state index contributed by atoms with van der Waals surface area (Å²) >= 11 is 0. The lowest BCUT2D eigenvalue weighted by Gasteiger charge is -2.06. The number of rotatable bonds is 4. The fourth-order valence-corrected chi connectivity index (χ4v) is 0.622. The van der Waals surface area contributed by atoms with Crippen LogP contribution in [0.5, 0.6) is 0 Å². The summed E-state index contributed by atoms with van der Waals surface area (Å²) in [6.07, 6.45) is 3.68. The molecule has 0 saturated carbocycles. The molecule has 54 valence electrons. The molecule has 1 heteroatoms. The van der Waals surface area contributed by atoms with Crippen molar-refractivity contribution < 1.29 is 5.11 Å². The molecule has 0 aliphatic heterocycles. The Morgan fingerprint density at radius 2 is 2.00 bits per heavy atom. The highest BCUT2D eigenvalue weighted by atomic mass is 16.3. The fourth-order valence-electron chi connectivity index (χ4n) is 0.622. The van der Waals surface area contributed by atoms with Gasteiger partial charge in [0.15, 0.2) is 0 Å². The van der Waals surface area contributed by atoms with Gasteiger partial charge in [0.25, 0.3) is 0 Å². The van der Waals surface area contributed by atoms with Crippen LogP contribution in [0.15, 0.2) is 12.7 Å². The van der Waals surface area contributed by atoms with Crippen LogP contribution in [0.3, 0.4) is 0 Å². The van der Waals surface area contributed by atoms with Gasteiger partial charge in [-0.15, -0.1) is 6.58 Å². The SMILES string of the molecule is C=CC(C)CCC(C)O. The molecule has 0 bridgehead atoms. The molecule has 0 spiro atoms. The first-order valence-corrected chi connectivity index (χ1v) is 3.47. The number of allylic oxidation sites excluding steroid dienone is 1. The molecule has 2 atom stereocenters. The highest BCUT2D eigenvalue weighted by Gasteiger charge is 1.98. The normalized spacial score (nSPS) is 16.8. The lowest BCUT2D eigenvalue weighted by Crippen LogP contribution is -2.01. The Morgan fingerprint density at radius 1 is 1.44 bits per heavy atom. The molecule has 0 aliphatic rings. The molecule has 1 N–H and O–H groups in total. The molecule has 1 nitrogen and oxygen atoms in total. The van der Waals surface area contributed by atoms with E-state index < -0.39 is 0 Å². The third-order valence-corrected chi connectivity index (χ3v) is 1.44. The molecule has 0 saturated heterocycles. The molecule has 0 radical (unpaired) electrons. The Kier molecular flexibility index (Phi) is 4.41. The first-order chi connectivity index (χ1) is 4.16. The van der Waals surface area contributed by atoms with Crippen LogP contribution in [0.2, 0.25) is 0 Å². The van der Waals surface area contributed by atoms with E-state index in [-0.39, 0.29) is 6.10 Å². The van der Waals surface area contributed by atoms with Crippen molar-refractivity contribution in [1.82, 2.24) is 0 Å². The van der Waals surface area contributed by atoms with Crippen LogP contribution in [0.4, 0.5) is 0 Å². The lowest BCUT2D eigenvalue weighted by molar-refractivity contribution is 0.177. The van der Waals surface area contributed by atoms with Crippen LogP contribution in [0.25, 0.3) is 0 Å². The highest BCUT2D eigenvalue weighted by Crippen LogP contribution is 2.07. The zero-order valence-corrected chi connectivity index (χ0v) is 6.30. The minimum atomic E-state index is -0.160. The van der Waals surface area contributed by atoms with E-state index in [1.807, 2.05) is 13.0 Å². The Morgan fingerprint density at radius 3 is 2.33 bits per heavy atom. The highest BCUT2D eigenvalue weighted by molar-refractivity contribution is 4.74. The summed E-state index contributed by atoms with van der Waals surface area (Å²) in [5.74, 6) is 0.541. The van der Waals surface area contributed by atoms with E-state index in [9.17, 15) is 0 Å². The van der Waals surface area contributed by atoms with Crippen molar-refractivity contribution in [3.8, 4) is 0 Å². The van der Waals surface area contributed by atoms with Gasteiger partial charge in [0.1, 0.15) is 0 Å². The average molecular weight is 128 g/mol. The second kappa shape index (κ2) is 4.57. The molecule has 0 rings (SSSR count). The smallest absolute Gasteiger partial charge is 0.0512 e. The average Bonchev–Trinajstić information content (AvgIpc) is 1.83. The fraction of sp³-hybridized carbons (Fsp3) is 0.750. The molecule has 0 aromatic rings. The van der Waals surface area contributed by atoms with E-state index >= 15 is 0 Å². The molecular formula is C8H16O. The molecule has 0 amide bonds. The Balaban J connectivity index is 3.16. The first-order valence-electron chi connectivity index (χ1n) is 3.47. The quantitative estimate of drug-likeness (QED) is 0.574. The van der Waals surface area contributed by atoms with E-state index in [1.165, 1.54) is 0 Å². The third kappa shape index (κ3) is 5.57. The third-order valence-electron chi connectivity index (χ3n) is 1.44. The van der Waals surface area contributed by atoms with Crippen LogP contribution in [0, 0.1) is 5.92 Å². The van der Waals surface area contributed by atoms with Crippen LogP contribution in [-0.4, -0.2) is 11.2 Å². The van der Waals surface area contributed by atoms with Crippen molar-refractivity contribution in [3.63, 3.8) is 0 Å². The maximum Gasteiger partial charge on any atom is 0.0512 e. The second-order valence-corrected chi connectivity index (χ2v) is 2.64. The summed E-state index contributed by atoms with van der Waals surface area (Å²) in [5.41, 5.74) is 0. The van der Waals surface area contributed by atoms with Gasteiger partial charge >= 0.3 is 0 Å². The van der Waals surface area contributed by atoms with Gasteiger partial charge in [-0.1, -0.05) is 13.0 Å². The zero-order chi connectivity index (χ0) is 7.28. The minimum absolute atomic E-state index is 0.160. The zero-order valence-electron chi connectivity index (χ0n) is 6.30. The molecule has 0 fully saturated rings. The number of hydrogen-bond acceptors (Lipinski definition) is 1. The van der Waals surface area contributed by atoms with Gasteiger partial charge in [-0.2, -0.15) is 0 Å². The van der Waals surface area contributed by atoms with Crippen LogP contribution < -0.4 is 0 Å². The lowest BCUT2D eigenvalue weighted by atomic mass is 10.0. The van der Waals surface area contributed by atoms with Crippen molar-refractivity contribution in [2.45, 2.75) is 32.8 Å². The molecule has 0 aliphatic carbocycles. The van der Waals surface area contributed by atoms with Gasteiger partial charge in [0, 0.05) is 0 Å². The van der Waals surface area contributed by atoms with E-state index in [0.717, 1.165) is 12.8 Å². The second-order valence-electron chi connectivity index (χ2n) is 2.64. The van der Waals surface area contributed by atoms with E-state index in [1.54, 1.807) is 0 Å². The van der Waals surface area contributed by atoms with Gasteiger partial charge in [0.05, 0.1) is 6.10 Å². The summed E-state index contributed by atoms with van der Waals surface area (Å²) in [4.78, 5) is 0. The summed E-state index contributed by atoms with van der Waals surface area (Å²) in [5, 5.41) is 8.86. The number of aliphatic hydroxyl groups is 1. The molecule has 0 aromatic heterocycles. The predicted molar refractivity (Wildman–Crippen MR) is 40.3 cm³/mol. The van der Waals surface area contributed by atoms with Crippen LogP contribution in [-0.2, 0) is 0 Å². The van der Waals surface area contributed by atoms with Crippen LogP contribution >= 0.6 is 0 Å². The van der Waals surface area contributed by atoms with Gasteiger partial charge < -0.3 is 5.11 Å². The number of hydrogen-bond donors (Lipinski definition) is 1. The predicted octanol–water partition coefficient (Wildman–Crippen LogP) is 1.97. The summed E-state index contributed by atoms with van der Waals surface area (Å²) in [6, 6.07) is 0. The summed E-state index contributed by atoms with van der Waals surface area (Å²) < 4.78 is 0. The Labute approximate surface area is 57.4 Å². The van der Waals surface area contributed by atoms with Gasteiger partial charge in [-0.3, -0.25) is 0 Å². The van der Waals surface area contributed by atoms with Crippen molar-refractivity contribution in [1.29, 1.82) is 0 Å². The molecular weight excluding hydrogens is 112 g/mol. The van der Waals surface area contributed by atoms with E-state index in [0.29, 0.717) is 5.92 Å². The maximum atomic E-state index is 8.86. The summed E-state index contributed by atoms with van der Waals surface area (Å²) in [6.45, 7) is 7.58. The van der Waals surface area contributed by atoms with Gasteiger partial charge in [-0.05, 0) is 25.7 Å². The largest absolute Gasteiger partial charge is 0.393 e. The molecule has 9 heavy (non-hydrogen) atoms. The molecule has 0 heterocycles.